The minimum absolute atomic E-state index is 0.0534. The van der Waals surface area contributed by atoms with Crippen molar-refractivity contribution in [2.24, 2.45) is 0 Å². The third-order valence-electron chi connectivity index (χ3n) is 6.47. The lowest BCUT2D eigenvalue weighted by Crippen LogP contribution is -2.44. The summed E-state index contributed by atoms with van der Waals surface area (Å²) in [7, 11) is 0. The van der Waals surface area contributed by atoms with Crippen LogP contribution in [0.15, 0.2) is 24.3 Å². The van der Waals surface area contributed by atoms with Crippen molar-refractivity contribution >= 4 is 11.8 Å². The molecule has 0 bridgehead atoms. The van der Waals surface area contributed by atoms with Crippen LogP contribution in [0.3, 0.4) is 0 Å². The highest BCUT2D eigenvalue weighted by Gasteiger charge is 2.38. The predicted octanol–water partition coefficient (Wildman–Crippen LogP) is 5.87. The van der Waals surface area contributed by atoms with E-state index in [1.165, 1.54) is 63.5 Å². The molecule has 0 spiro atoms. The van der Waals surface area contributed by atoms with Crippen molar-refractivity contribution in [1.82, 2.24) is 10.6 Å². The van der Waals surface area contributed by atoms with E-state index in [0.29, 0.717) is 6.42 Å². The SMILES string of the molecule is CCCCCCCC/C=C\CCCCCCCC(=O)NC[C@H]1OC(OCCCNC(=O)C(F)(F)F)C=C[C@@H]1O. The third kappa shape index (κ3) is 18.9. The molecule has 0 aliphatic carbocycles. The summed E-state index contributed by atoms with van der Waals surface area (Å²) < 4.78 is 47.5. The zero-order valence-corrected chi connectivity index (χ0v) is 23.5. The van der Waals surface area contributed by atoms with Crippen LogP contribution < -0.4 is 10.6 Å². The van der Waals surface area contributed by atoms with E-state index in [9.17, 15) is 27.9 Å². The molecule has 0 fully saturated rings. The Kier molecular flexibility index (Phi) is 19.7. The molecule has 1 unspecified atom stereocenters. The molecule has 0 aromatic rings. The van der Waals surface area contributed by atoms with E-state index in [-0.39, 0.29) is 32.0 Å². The average Bonchev–Trinajstić information content (AvgIpc) is 2.90. The highest BCUT2D eigenvalue weighted by molar-refractivity contribution is 5.81. The van der Waals surface area contributed by atoms with E-state index in [2.05, 4.69) is 24.4 Å². The van der Waals surface area contributed by atoms with Crippen molar-refractivity contribution in [2.45, 2.75) is 128 Å². The van der Waals surface area contributed by atoms with Crippen molar-refractivity contribution in [3.8, 4) is 0 Å². The maximum Gasteiger partial charge on any atom is 0.471 e. The van der Waals surface area contributed by atoms with Gasteiger partial charge < -0.3 is 25.2 Å². The Balaban J connectivity index is 2.02. The number of rotatable bonds is 22. The van der Waals surface area contributed by atoms with Gasteiger partial charge in [0.05, 0.1) is 6.61 Å². The van der Waals surface area contributed by atoms with Crippen molar-refractivity contribution in [2.75, 3.05) is 19.7 Å². The zero-order valence-electron chi connectivity index (χ0n) is 23.5. The molecule has 1 heterocycles. The molecule has 1 aliphatic rings. The normalized spacial score (nSPS) is 19.5. The van der Waals surface area contributed by atoms with Gasteiger partial charge in [-0.15, -0.1) is 0 Å². The molecular formula is C29H49F3N2O5. The minimum atomic E-state index is -4.91. The summed E-state index contributed by atoms with van der Waals surface area (Å²) in [5, 5.41) is 14.6. The number of allylic oxidation sites excluding steroid dienone is 2. The quantitative estimate of drug-likeness (QED) is 0.113. The van der Waals surface area contributed by atoms with Gasteiger partial charge in [-0.2, -0.15) is 13.2 Å². The van der Waals surface area contributed by atoms with E-state index in [0.717, 1.165) is 32.1 Å². The summed E-state index contributed by atoms with van der Waals surface area (Å²) in [6.45, 7) is 2.23. The van der Waals surface area contributed by atoms with Gasteiger partial charge in [0, 0.05) is 19.5 Å². The molecule has 10 heteroatoms. The number of ether oxygens (including phenoxy) is 2. The van der Waals surface area contributed by atoms with Crippen LogP contribution in [0.4, 0.5) is 13.2 Å². The van der Waals surface area contributed by atoms with Crippen molar-refractivity contribution < 1.29 is 37.3 Å². The third-order valence-corrected chi connectivity index (χ3v) is 6.47. The van der Waals surface area contributed by atoms with Crippen LogP contribution in [0.25, 0.3) is 0 Å². The fourth-order valence-corrected chi connectivity index (χ4v) is 4.12. The number of unbranched alkanes of at least 4 members (excludes halogenated alkanes) is 11. The summed E-state index contributed by atoms with van der Waals surface area (Å²) >= 11 is 0. The number of hydrogen-bond acceptors (Lipinski definition) is 5. The second-order valence-corrected chi connectivity index (χ2v) is 10.0. The van der Waals surface area contributed by atoms with Gasteiger partial charge in [-0.25, -0.2) is 0 Å². The van der Waals surface area contributed by atoms with Crippen LogP contribution in [0.2, 0.25) is 0 Å². The van der Waals surface area contributed by atoms with Gasteiger partial charge in [-0.05, 0) is 44.6 Å². The fourth-order valence-electron chi connectivity index (χ4n) is 4.12. The highest BCUT2D eigenvalue weighted by atomic mass is 19.4. The van der Waals surface area contributed by atoms with Gasteiger partial charge >= 0.3 is 12.1 Å². The van der Waals surface area contributed by atoms with Crippen LogP contribution in [-0.4, -0.2) is 61.3 Å². The minimum Gasteiger partial charge on any atom is -0.386 e. The predicted molar refractivity (Wildman–Crippen MR) is 146 cm³/mol. The van der Waals surface area contributed by atoms with Gasteiger partial charge in [0.15, 0.2) is 6.29 Å². The van der Waals surface area contributed by atoms with Crippen molar-refractivity contribution in [3.05, 3.63) is 24.3 Å². The molecule has 3 atom stereocenters. The molecule has 1 aliphatic heterocycles. The van der Waals surface area contributed by atoms with Crippen LogP contribution >= 0.6 is 0 Å². The maximum absolute atomic E-state index is 12.2. The number of halogens is 3. The Morgan fingerprint density at radius 3 is 2.15 bits per heavy atom. The summed E-state index contributed by atoms with van der Waals surface area (Å²) in [6.07, 6.45) is 16.4. The van der Waals surface area contributed by atoms with E-state index in [1.54, 1.807) is 5.32 Å². The van der Waals surface area contributed by atoms with Crippen molar-refractivity contribution in [3.63, 3.8) is 0 Å². The standard InChI is InChI=1S/C29H49F3N2O5/c1-2-3-4-5-6-7-8-9-10-11-12-13-14-15-16-18-26(36)34-23-25-24(35)19-20-27(39-25)38-22-17-21-33-28(37)29(30,31)32/h9-10,19-20,24-25,27,35H,2-8,11-18,21-23H2,1H3,(H,33,37)(H,34,36)/b10-9-/t24-,25+,27?/m0/s1. The summed E-state index contributed by atoms with van der Waals surface area (Å²) in [5.74, 6) is -2.09. The zero-order chi connectivity index (χ0) is 28.8. The average molecular weight is 563 g/mol. The maximum atomic E-state index is 12.2. The van der Waals surface area contributed by atoms with E-state index >= 15 is 0 Å². The molecule has 7 nitrogen and oxygen atoms in total. The summed E-state index contributed by atoms with van der Waals surface area (Å²) in [6, 6.07) is 0. The fraction of sp³-hybridized carbons (Fsp3) is 0.793. The Hall–Kier alpha value is -1.91. The molecule has 39 heavy (non-hydrogen) atoms. The lowest BCUT2D eigenvalue weighted by molar-refractivity contribution is -0.175. The number of carbonyl (C=O) groups excluding carboxylic acids is 2. The number of nitrogens with one attached hydrogen (secondary N) is 2. The number of aliphatic hydroxyl groups is 1. The molecular weight excluding hydrogens is 513 g/mol. The molecule has 1 rings (SSSR count). The number of alkyl halides is 3. The monoisotopic (exact) mass is 562 g/mol. The molecule has 226 valence electrons. The van der Waals surface area contributed by atoms with Crippen LogP contribution in [0.1, 0.15) is 103 Å². The Bertz CT molecular complexity index is 716. The van der Waals surface area contributed by atoms with Gasteiger partial charge in [0.2, 0.25) is 5.91 Å². The van der Waals surface area contributed by atoms with Crippen LogP contribution in [0.5, 0.6) is 0 Å². The van der Waals surface area contributed by atoms with Gasteiger partial charge in [0.25, 0.3) is 0 Å². The number of amides is 2. The molecule has 0 aromatic heterocycles. The largest absolute Gasteiger partial charge is 0.471 e. The molecule has 0 saturated heterocycles. The first-order valence-corrected chi connectivity index (χ1v) is 14.6. The van der Waals surface area contributed by atoms with Gasteiger partial charge in [-0.1, -0.05) is 76.5 Å². The summed E-state index contributed by atoms with van der Waals surface area (Å²) in [5.41, 5.74) is 0. The van der Waals surface area contributed by atoms with E-state index in [1.807, 2.05) is 0 Å². The lowest BCUT2D eigenvalue weighted by atomic mass is 10.1. The Morgan fingerprint density at radius 1 is 0.897 bits per heavy atom. The molecule has 2 amide bonds. The molecule has 0 radical (unpaired) electrons. The molecule has 0 saturated carbocycles. The summed E-state index contributed by atoms with van der Waals surface area (Å²) in [4.78, 5) is 22.9. The number of carbonyl (C=O) groups is 2. The van der Waals surface area contributed by atoms with E-state index < -0.39 is 30.6 Å². The number of aliphatic hydroxyl groups excluding tert-OH is 1. The Morgan fingerprint density at radius 2 is 1.51 bits per heavy atom. The van der Waals surface area contributed by atoms with Crippen molar-refractivity contribution in [1.29, 1.82) is 0 Å². The van der Waals surface area contributed by atoms with Gasteiger partial charge in [-0.3, -0.25) is 9.59 Å². The topological polar surface area (TPSA) is 96.9 Å². The molecule has 0 aromatic carbocycles. The first kappa shape index (κ1) is 35.1. The molecule has 3 N–H and O–H groups in total. The Labute approximate surface area is 232 Å². The van der Waals surface area contributed by atoms with E-state index in [4.69, 9.17) is 9.47 Å². The first-order chi connectivity index (χ1) is 18.7. The van der Waals surface area contributed by atoms with Crippen LogP contribution in [-0.2, 0) is 19.1 Å². The number of hydrogen-bond donors (Lipinski definition) is 3. The van der Waals surface area contributed by atoms with Crippen LogP contribution in [0, 0.1) is 0 Å². The first-order valence-electron chi connectivity index (χ1n) is 14.6. The van der Waals surface area contributed by atoms with Gasteiger partial charge in [0.1, 0.15) is 12.2 Å². The smallest absolute Gasteiger partial charge is 0.386 e. The second-order valence-electron chi connectivity index (χ2n) is 10.0. The second kappa shape index (κ2) is 21.9. The highest BCUT2D eigenvalue weighted by Crippen LogP contribution is 2.16. The lowest BCUT2D eigenvalue weighted by Gasteiger charge is -2.29.